The number of nitrogens with zero attached hydrogens (tertiary/aromatic N) is 3. The van der Waals surface area contributed by atoms with Gasteiger partial charge in [-0.05, 0) is 26.8 Å². The molecule has 1 aliphatic rings. The summed E-state index contributed by atoms with van der Waals surface area (Å²) in [4.78, 5) is 31.2. The number of carbonyl (C=O) groups is 1. The lowest BCUT2D eigenvalue weighted by molar-refractivity contribution is -0.157. The Morgan fingerprint density at radius 2 is 1.97 bits per heavy atom. The van der Waals surface area contributed by atoms with Gasteiger partial charge in [0.05, 0.1) is 36.6 Å². The van der Waals surface area contributed by atoms with Gasteiger partial charge in [0.15, 0.2) is 18.2 Å². The number of benzene rings is 1. The molecule has 10 heteroatoms. The number of rotatable bonds is 8. The molecule has 2 aromatic rings. The number of aromatic nitrogens is 2. The third-order valence-corrected chi connectivity index (χ3v) is 5.06. The number of morpholine rings is 1. The molecular formula is C22H31N3O7. The summed E-state index contributed by atoms with van der Waals surface area (Å²) < 4.78 is 22.9. The van der Waals surface area contributed by atoms with Gasteiger partial charge in [0.1, 0.15) is 19.0 Å². The number of fused-ring (bicyclic) bond motifs is 1. The fourth-order valence-corrected chi connectivity index (χ4v) is 3.20. The average Bonchev–Trinajstić information content (AvgIpc) is 2.76. The number of hydrogen-bond donors (Lipinski definition) is 1. The molecule has 1 saturated heterocycles. The molecule has 32 heavy (non-hydrogen) atoms. The summed E-state index contributed by atoms with van der Waals surface area (Å²) >= 11 is 0. The van der Waals surface area contributed by atoms with Crippen molar-refractivity contribution in [3.05, 3.63) is 28.8 Å². The number of carbonyl (C=O) groups excluding carboxylic acids is 1. The van der Waals surface area contributed by atoms with Crippen molar-refractivity contribution in [2.24, 2.45) is 5.41 Å². The van der Waals surface area contributed by atoms with Crippen LogP contribution in [0.1, 0.15) is 20.8 Å². The first kappa shape index (κ1) is 24.0. The van der Waals surface area contributed by atoms with Crippen LogP contribution in [0.25, 0.3) is 10.9 Å². The highest BCUT2D eigenvalue weighted by Crippen LogP contribution is 2.30. The summed E-state index contributed by atoms with van der Waals surface area (Å²) in [7, 11) is 1.47. The van der Waals surface area contributed by atoms with Crippen molar-refractivity contribution < 1.29 is 28.8 Å². The van der Waals surface area contributed by atoms with E-state index in [-0.39, 0.29) is 18.9 Å². The second-order valence-corrected chi connectivity index (χ2v) is 8.73. The summed E-state index contributed by atoms with van der Waals surface area (Å²) in [6.07, 6.45) is 0.636. The molecule has 0 amide bonds. The molecule has 3 rings (SSSR count). The Kier molecular flexibility index (Phi) is 7.70. The minimum atomic E-state index is -0.688. The predicted octanol–water partition coefficient (Wildman–Crippen LogP) is 1.02. The predicted molar refractivity (Wildman–Crippen MR) is 117 cm³/mol. The number of ether oxygens (including phenoxy) is 4. The van der Waals surface area contributed by atoms with Crippen molar-refractivity contribution in [2.75, 3.05) is 46.6 Å². The molecule has 1 fully saturated rings. The second kappa shape index (κ2) is 10.3. The lowest BCUT2D eigenvalue weighted by Crippen LogP contribution is -2.42. The van der Waals surface area contributed by atoms with Crippen molar-refractivity contribution in [3.8, 4) is 11.5 Å². The van der Waals surface area contributed by atoms with Gasteiger partial charge in [0.25, 0.3) is 5.56 Å². The van der Waals surface area contributed by atoms with Crippen LogP contribution in [0.5, 0.6) is 11.5 Å². The van der Waals surface area contributed by atoms with Gasteiger partial charge in [-0.15, -0.1) is 0 Å². The smallest absolute Gasteiger partial charge is 0.312 e. The first-order valence-electron chi connectivity index (χ1n) is 10.5. The molecule has 1 aromatic carbocycles. The van der Waals surface area contributed by atoms with Crippen molar-refractivity contribution in [1.82, 2.24) is 14.5 Å². The normalized spacial score (nSPS) is 16.0. The Bertz CT molecular complexity index is 993. The van der Waals surface area contributed by atoms with Crippen molar-refractivity contribution in [2.45, 2.75) is 33.6 Å². The van der Waals surface area contributed by atoms with Gasteiger partial charge >= 0.3 is 5.97 Å². The standard InChI is InChI=1S/C22H31N3O7/c1-22(2,3)21(28)32-14-25-13-23-17-10-19(18(29-4)9-16(17)20(25)27)31-12-15(26)11-24-5-7-30-8-6-24/h9-10,13,15,26H,5-8,11-12,14H2,1-4H3/t15-/m1/s1. The molecule has 1 N–H and O–H groups in total. The Labute approximate surface area is 186 Å². The second-order valence-electron chi connectivity index (χ2n) is 8.73. The number of esters is 1. The number of aliphatic hydroxyl groups excluding tert-OH is 1. The Hall–Kier alpha value is -2.69. The van der Waals surface area contributed by atoms with Crippen LogP contribution in [-0.2, 0) is 21.0 Å². The van der Waals surface area contributed by atoms with E-state index in [0.717, 1.165) is 13.1 Å². The van der Waals surface area contributed by atoms with E-state index in [1.807, 2.05) is 0 Å². The summed E-state index contributed by atoms with van der Waals surface area (Å²) in [5, 5.41) is 10.6. The minimum Gasteiger partial charge on any atom is -0.493 e. The molecule has 10 nitrogen and oxygen atoms in total. The maximum absolute atomic E-state index is 12.8. The zero-order valence-electron chi connectivity index (χ0n) is 19.0. The molecule has 0 aliphatic carbocycles. The largest absolute Gasteiger partial charge is 0.493 e. The van der Waals surface area contributed by atoms with Crippen LogP contribution in [-0.4, -0.2) is 78.2 Å². The summed E-state index contributed by atoms with van der Waals surface area (Å²) in [6.45, 7) is 8.40. The van der Waals surface area contributed by atoms with Crippen LogP contribution < -0.4 is 15.0 Å². The molecule has 0 saturated carbocycles. The highest BCUT2D eigenvalue weighted by Gasteiger charge is 2.23. The zero-order valence-corrected chi connectivity index (χ0v) is 19.0. The van der Waals surface area contributed by atoms with Gasteiger partial charge in [-0.25, -0.2) is 4.98 Å². The van der Waals surface area contributed by atoms with Crippen LogP contribution in [0.15, 0.2) is 23.3 Å². The van der Waals surface area contributed by atoms with E-state index in [9.17, 15) is 14.7 Å². The maximum atomic E-state index is 12.8. The molecule has 1 aromatic heterocycles. The number of aliphatic hydroxyl groups is 1. The summed E-state index contributed by atoms with van der Waals surface area (Å²) in [6, 6.07) is 3.14. The quantitative estimate of drug-likeness (QED) is 0.590. The topological polar surface area (TPSA) is 112 Å². The molecular weight excluding hydrogens is 418 g/mol. The van der Waals surface area contributed by atoms with Crippen LogP contribution in [0.2, 0.25) is 0 Å². The van der Waals surface area contributed by atoms with Crippen molar-refractivity contribution >= 4 is 16.9 Å². The Morgan fingerprint density at radius 1 is 1.25 bits per heavy atom. The fraction of sp³-hybridized carbons (Fsp3) is 0.591. The first-order valence-corrected chi connectivity index (χ1v) is 10.5. The molecule has 2 heterocycles. The van der Waals surface area contributed by atoms with Gasteiger partial charge in [-0.1, -0.05) is 0 Å². The Balaban J connectivity index is 1.72. The maximum Gasteiger partial charge on any atom is 0.312 e. The third-order valence-electron chi connectivity index (χ3n) is 5.06. The van der Waals surface area contributed by atoms with Gasteiger partial charge in [-0.3, -0.25) is 19.1 Å². The van der Waals surface area contributed by atoms with E-state index in [4.69, 9.17) is 18.9 Å². The van der Waals surface area contributed by atoms with Crippen molar-refractivity contribution in [1.29, 1.82) is 0 Å². The lowest BCUT2D eigenvalue weighted by Gasteiger charge is -2.28. The van der Waals surface area contributed by atoms with E-state index < -0.39 is 17.5 Å². The van der Waals surface area contributed by atoms with E-state index in [0.29, 0.717) is 42.2 Å². The summed E-state index contributed by atoms with van der Waals surface area (Å²) in [5.74, 6) is 0.311. The van der Waals surface area contributed by atoms with Gasteiger partial charge < -0.3 is 24.1 Å². The van der Waals surface area contributed by atoms with Crippen LogP contribution in [0.3, 0.4) is 0 Å². The monoisotopic (exact) mass is 449 g/mol. The molecule has 1 aliphatic heterocycles. The molecule has 176 valence electrons. The number of hydrogen-bond acceptors (Lipinski definition) is 9. The minimum absolute atomic E-state index is 0.0685. The Morgan fingerprint density at radius 3 is 2.62 bits per heavy atom. The highest BCUT2D eigenvalue weighted by atomic mass is 16.5. The van der Waals surface area contributed by atoms with Crippen molar-refractivity contribution in [3.63, 3.8) is 0 Å². The van der Waals surface area contributed by atoms with Gasteiger partial charge in [-0.2, -0.15) is 0 Å². The number of methoxy groups -OCH3 is 1. The van der Waals surface area contributed by atoms with E-state index in [1.54, 1.807) is 26.8 Å². The fourth-order valence-electron chi connectivity index (χ4n) is 3.20. The number of β-amino-alcohol motifs (C(OH)–C–C–N with tert-alkyl or cyclic N) is 1. The van der Waals surface area contributed by atoms with E-state index in [1.165, 1.54) is 24.1 Å². The van der Waals surface area contributed by atoms with Gasteiger partial charge in [0.2, 0.25) is 0 Å². The van der Waals surface area contributed by atoms with Gasteiger partial charge in [0, 0.05) is 25.7 Å². The van der Waals surface area contributed by atoms with E-state index in [2.05, 4.69) is 9.88 Å². The van der Waals surface area contributed by atoms with E-state index >= 15 is 0 Å². The molecule has 0 spiro atoms. The SMILES string of the molecule is COc1cc2c(=O)n(COC(=O)C(C)(C)C)cnc2cc1OC[C@H](O)CN1CCOCC1. The lowest BCUT2D eigenvalue weighted by atomic mass is 9.98. The van der Waals surface area contributed by atoms with Crippen LogP contribution >= 0.6 is 0 Å². The molecule has 0 unspecified atom stereocenters. The molecule has 0 radical (unpaired) electrons. The first-order chi connectivity index (χ1) is 15.2. The third kappa shape index (κ3) is 5.96. The average molecular weight is 450 g/mol. The summed E-state index contributed by atoms with van der Waals surface area (Å²) in [5.41, 5.74) is -0.629. The zero-order chi connectivity index (χ0) is 23.3. The highest BCUT2D eigenvalue weighted by molar-refractivity contribution is 5.81. The molecule has 0 bridgehead atoms. The van der Waals surface area contributed by atoms with Crippen LogP contribution in [0, 0.1) is 5.41 Å². The van der Waals surface area contributed by atoms with Crippen LogP contribution in [0.4, 0.5) is 0 Å². The molecule has 1 atom stereocenters.